The van der Waals surface area contributed by atoms with Gasteiger partial charge in [0.05, 0.1) is 11.0 Å². The molecule has 3 rings (SSSR count). The van der Waals surface area contributed by atoms with Crippen LogP contribution in [-0.2, 0) is 11.2 Å². The molecule has 0 aliphatic carbocycles. The predicted molar refractivity (Wildman–Crippen MR) is 114 cm³/mol. The molecule has 0 saturated heterocycles. The highest BCUT2D eigenvalue weighted by molar-refractivity contribution is 5.77. The fraction of sp³-hybridized carbons (Fsp3) is 0.174. The highest BCUT2D eigenvalue weighted by Crippen LogP contribution is 2.23. The van der Waals surface area contributed by atoms with Gasteiger partial charge in [-0.15, -0.1) is 0 Å². The predicted octanol–water partition coefficient (Wildman–Crippen LogP) is 4.50. The van der Waals surface area contributed by atoms with Gasteiger partial charge in [0, 0.05) is 19.0 Å². The van der Waals surface area contributed by atoms with E-state index in [0.29, 0.717) is 18.7 Å². The van der Waals surface area contributed by atoms with Crippen molar-refractivity contribution in [1.82, 2.24) is 5.32 Å². The number of carbonyl (C=O) groups is 1. The van der Waals surface area contributed by atoms with Gasteiger partial charge in [-0.3, -0.25) is 14.9 Å². The number of hydrogen-bond acceptors (Lipinski definition) is 4. The summed E-state index contributed by atoms with van der Waals surface area (Å²) >= 11 is 0. The fourth-order valence-corrected chi connectivity index (χ4v) is 3.15. The van der Waals surface area contributed by atoms with Gasteiger partial charge in [-0.25, -0.2) is 0 Å². The standard InChI is InChI=1S/C23H23N3O3/c27-23(15-16-24-20-13-7-8-14-22(20)26(28)29)25-21(19-11-5-2-6-12-19)17-18-9-3-1-4-10-18/h1-14,21,24H,15-17H2,(H,25,27). The van der Waals surface area contributed by atoms with Gasteiger partial charge in [0.25, 0.3) is 5.69 Å². The molecule has 0 radical (unpaired) electrons. The lowest BCUT2D eigenvalue weighted by Crippen LogP contribution is -2.31. The number of nitrogens with one attached hydrogen (secondary N) is 2. The van der Waals surface area contributed by atoms with Crippen LogP contribution in [0.4, 0.5) is 11.4 Å². The van der Waals surface area contributed by atoms with Crippen LogP contribution in [0.5, 0.6) is 0 Å². The zero-order chi connectivity index (χ0) is 20.5. The van der Waals surface area contributed by atoms with Crippen LogP contribution in [0.25, 0.3) is 0 Å². The topological polar surface area (TPSA) is 84.3 Å². The van der Waals surface area contributed by atoms with Crippen LogP contribution in [-0.4, -0.2) is 17.4 Å². The van der Waals surface area contributed by atoms with E-state index >= 15 is 0 Å². The molecule has 0 fully saturated rings. The molecule has 6 heteroatoms. The second kappa shape index (κ2) is 10.0. The van der Waals surface area contributed by atoms with Crippen molar-refractivity contribution in [3.8, 4) is 0 Å². The van der Waals surface area contributed by atoms with Crippen molar-refractivity contribution in [2.75, 3.05) is 11.9 Å². The van der Waals surface area contributed by atoms with E-state index in [4.69, 9.17) is 0 Å². The maximum atomic E-state index is 12.5. The first-order valence-electron chi connectivity index (χ1n) is 9.49. The molecule has 1 atom stereocenters. The third kappa shape index (κ3) is 5.90. The van der Waals surface area contributed by atoms with Gasteiger partial charge in [-0.2, -0.15) is 0 Å². The van der Waals surface area contributed by atoms with E-state index < -0.39 is 4.92 Å². The Kier molecular flexibility index (Phi) is 6.95. The Morgan fingerprint density at radius 1 is 0.897 bits per heavy atom. The first-order valence-corrected chi connectivity index (χ1v) is 9.49. The number of benzene rings is 3. The molecule has 148 valence electrons. The molecule has 0 saturated carbocycles. The van der Waals surface area contributed by atoms with E-state index in [2.05, 4.69) is 10.6 Å². The molecule has 29 heavy (non-hydrogen) atoms. The molecule has 6 nitrogen and oxygen atoms in total. The minimum Gasteiger partial charge on any atom is -0.379 e. The number of nitrogens with zero attached hydrogens (tertiary/aromatic N) is 1. The summed E-state index contributed by atoms with van der Waals surface area (Å²) in [7, 11) is 0. The van der Waals surface area contributed by atoms with E-state index in [1.807, 2.05) is 60.7 Å². The van der Waals surface area contributed by atoms with Gasteiger partial charge in [0.1, 0.15) is 5.69 Å². The quantitative estimate of drug-likeness (QED) is 0.417. The van der Waals surface area contributed by atoms with Crippen LogP contribution in [0.1, 0.15) is 23.6 Å². The second-order valence-electron chi connectivity index (χ2n) is 6.67. The molecule has 0 aliphatic rings. The van der Waals surface area contributed by atoms with Crippen LogP contribution in [0, 0.1) is 10.1 Å². The Bertz CT molecular complexity index is 946. The Morgan fingerprint density at radius 2 is 1.52 bits per heavy atom. The van der Waals surface area contributed by atoms with E-state index in [0.717, 1.165) is 11.1 Å². The van der Waals surface area contributed by atoms with Crippen molar-refractivity contribution in [2.45, 2.75) is 18.9 Å². The number of amides is 1. The molecule has 3 aromatic carbocycles. The molecule has 0 bridgehead atoms. The van der Waals surface area contributed by atoms with Gasteiger partial charge in [-0.1, -0.05) is 72.8 Å². The van der Waals surface area contributed by atoms with Crippen LogP contribution >= 0.6 is 0 Å². The molecule has 1 unspecified atom stereocenters. The Hall–Kier alpha value is -3.67. The zero-order valence-electron chi connectivity index (χ0n) is 16.0. The summed E-state index contributed by atoms with van der Waals surface area (Å²) in [5, 5.41) is 17.2. The van der Waals surface area contributed by atoms with Crippen molar-refractivity contribution in [3.63, 3.8) is 0 Å². The first kappa shape index (κ1) is 20.1. The summed E-state index contributed by atoms with van der Waals surface area (Å²) in [6.07, 6.45) is 0.901. The molecule has 0 aromatic heterocycles. The number of hydrogen-bond donors (Lipinski definition) is 2. The maximum Gasteiger partial charge on any atom is 0.292 e. The van der Waals surface area contributed by atoms with E-state index in [-0.39, 0.29) is 24.1 Å². The third-order valence-electron chi connectivity index (χ3n) is 4.59. The normalized spacial score (nSPS) is 11.4. The summed E-state index contributed by atoms with van der Waals surface area (Å²) in [6, 6.07) is 26.1. The highest BCUT2D eigenvalue weighted by atomic mass is 16.6. The number of carbonyl (C=O) groups excluding carboxylic acids is 1. The van der Waals surface area contributed by atoms with Crippen molar-refractivity contribution >= 4 is 17.3 Å². The first-order chi connectivity index (χ1) is 14.1. The number of nitro benzene ring substituents is 1. The number of nitro groups is 1. The summed E-state index contributed by atoms with van der Waals surface area (Å²) in [6.45, 7) is 0.309. The van der Waals surface area contributed by atoms with Crippen LogP contribution in [0.2, 0.25) is 0 Å². The zero-order valence-corrected chi connectivity index (χ0v) is 16.0. The average Bonchev–Trinajstić information content (AvgIpc) is 2.75. The van der Waals surface area contributed by atoms with Gasteiger partial charge < -0.3 is 10.6 Å². The molecule has 0 heterocycles. The van der Waals surface area contributed by atoms with Crippen molar-refractivity contribution in [2.24, 2.45) is 0 Å². The van der Waals surface area contributed by atoms with Crippen molar-refractivity contribution in [1.29, 1.82) is 0 Å². The number of rotatable bonds is 9. The summed E-state index contributed by atoms with van der Waals surface area (Å²) < 4.78 is 0. The lowest BCUT2D eigenvalue weighted by molar-refractivity contribution is -0.384. The lowest BCUT2D eigenvalue weighted by atomic mass is 9.98. The van der Waals surface area contributed by atoms with Crippen LogP contribution in [0.3, 0.4) is 0 Å². The number of anilines is 1. The Morgan fingerprint density at radius 3 is 2.21 bits per heavy atom. The monoisotopic (exact) mass is 389 g/mol. The van der Waals surface area contributed by atoms with Crippen LogP contribution in [0.15, 0.2) is 84.9 Å². The molecule has 3 aromatic rings. The van der Waals surface area contributed by atoms with Gasteiger partial charge in [-0.05, 0) is 23.6 Å². The van der Waals surface area contributed by atoms with E-state index in [9.17, 15) is 14.9 Å². The molecule has 2 N–H and O–H groups in total. The van der Waals surface area contributed by atoms with Gasteiger partial charge in [0.2, 0.25) is 5.91 Å². The van der Waals surface area contributed by atoms with Crippen molar-refractivity contribution < 1.29 is 9.72 Å². The van der Waals surface area contributed by atoms with Gasteiger partial charge in [0.15, 0.2) is 0 Å². The highest BCUT2D eigenvalue weighted by Gasteiger charge is 2.16. The van der Waals surface area contributed by atoms with Gasteiger partial charge >= 0.3 is 0 Å². The largest absolute Gasteiger partial charge is 0.379 e. The average molecular weight is 389 g/mol. The minimum atomic E-state index is -0.437. The van der Waals surface area contributed by atoms with Crippen molar-refractivity contribution in [3.05, 3.63) is 106 Å². The molecule has 0 aliphatic heterocycles. The van der Waals surface area contributed by atoms with E-state index in [1.165, 1.54) is 6.07 Å². The van der Waals surface area contributed by atoms with E-state index in [1.54, 1.807) is 18.2 Å². The Balaban J connectivity index is 1.61. The summed E-state index contributed by atoms with van der Waals surface area (Å²) in [4.78, 5) is 23.2. The summed E-state index contributed by atoms with van der Waals surface area (Å²) in [5.41, 5.74) is 2.59. The molecule has 1 amide bonds. The molecule has 0 spiro atoms. The van der Waals surface area contributed by atoms with Crippen LogP contribution < -0.4 is 10.6 Å². The third-order valence-corrected chi connectivity index (χ3v) is 4.59. The lowest BCUT2D eigenvalue weighted by Gasteiger charge is -2.20. The molecular weight excluding hydrogens is 366 g/mol. The fourth-order valence-electron chi connectivity index (χ4n) is 3.15. The SMILES string of the molecule is O=C(CCNc1ccccc1[N+](=O)[O-])NC(Cc1ccccc1)c1ccccc1. The number of para-hydroxylation sites is 2. The smallest absolute Gasteiger partial charge is 0.292 e. The molecular formula is C23H23N3O3. The Labute approximate surface area is 169 Å². The second-order valence-corrected chi connectivity index (χ2v) is 6.67. The minimum absolute atomic E-state index is 0.000789. The maximum absolute atomic E-state index is 12.5. The summed E-state index contributed by atoms with van der Waals surface area (Å²) in [5.74, 6) is -0.110.